The molecule has 2 aromatic rings. The second-order valence-corrected chi connectivity index (χ2v) is 8.22. The Morgan fingerprint density at radius 1 is 1.06 bits per heavy atom. The number of ketones is 1. The first-order valence-electron chi connectivity index (χ1n) is 11.2. The molecule has 4 rings (SSSR count). The molecule has 0 bridgehead atoms. The zero-order valence-electron chi connectivity index (χ0n) is 18.3. The number of carbonyl (C=O) groups is 3. The van der Waals surface area contributed by atoms with Crippen LogP contribution in [-0.2, 0) is 16.0 Å². The predicted octanol–water partition coefficient (Wildman–Crippen LogP) is 5.06. The standard InChI is InChI=1S/C27H26N2O4/c30-25(29(20-9-2-1-3-10-20)21-11-4-5-17-28-18-21)16-15-19-8-6-13-23-22(19)12-7-14-24(23)26(31)27(32)33/h1-4,7,9-12,14,17-19H,5-6,8,13,15-16H2,(H,32,33). The molecule has 1 aliphatic carbocycles. The highest BCUT2D eigenvalue weighted by molar-refractivity contribution is 6.40. The highest BCUT2D eigenvalue weighted by Crippen LogP contribution is 2.37. The minimum absolute atomic E-state index is 0.0286. The number of aliphatic imine (C=N–C) groups is 1. The number of aliphatic carboxylic acids is 1. The summed E-state index contributed by atoms with van der Waals surface area (Å²) in [5, 5.41) is 9.17. The molecular weight excluding hydrogens is 416 g/mol. The number of fused-ring (bicyclic) bond motifs is 1. The zero-order chi connectivity index (χ0) is 23.2. The Balaban J connectivity index is 1.56. The molecular formula is C27H26N2O4. The van der Waals surface area contributed by atoms with Gasteiger partial charge in [0.05, 0.1) is 11.9 Å². The molecule has 1 N–H and O–H groups in total. The van der Waals surface area contributed by atoms with E-state index in [2.05, 4.69) is 4.99 Å². The number of nitrogens with zero attached hydrogens (tertiary/aromatic N) is 2. The first-order chi connectivity index (χ1) is 16.1. The van der Waals surface area contributed by atoms with Crippen LogP contribution in [0.5, 0.6) is 0 Å². The van der Waals surface area contributed by atoms with E-state index in [0.29, 0.717) is 25.7 Å². The number of carboxylic acids is 1. The number of allylic oxidation sites excluding steroid dienone is 2. The van der Waals surface area contributed by atoms with E-state index in [1.807, 2.05) is 48.6 Å². The topological polar surface area (TPSA) is 87.0 Å². The average molecular weight is 443 g/mol. The molecule has 1 amide bonds. The highest BCUT2D eigenvalue weighted by Gasteiger charge is 2.28. The van der Waals surface area contributed by atoms with Gasteiger partial charge >= 0.3 is 5.97 Å². The first kappa shape index (κ1) is 22.4. The fraction of sp³-hybridized carbons (Fsp3) is 0.259. The summed E-state index contributed by atoms with van der Waals surface area (Å²) < 4.78 is 0. The maximum Gasteiger partial charge on any atom is 0.377 e. The van der Waals surface area contributed by atoms with Gasteiger partial charge in [-0.1, -0.05) is 42.5 Å². The summed E-state index contributed by atoms with van der Waals surface area (Å²) in [5.41, 5.74) is 3.59. The Bertz CT molecular complexity index is 1150. The van der Waals surface area contributed by atoms with Crippen LogP contribution in [0, 0.1) is 0 Å². The van der Waals surface area contributed by atoms with E-state index in [1.54, 1.807) is 29.4 Å². The zero-order valence-corrected chi connectivity index (χ0v) is 18.3. The molecule has 1 heterocycles. The van der Waals surface area contributed by atoms with Gasteiger partial charge in [0.1, 0.15) is 0 Å². The van der Waals surface area contributed by atoms with Crippen LogP contribution in [0.15, 0.2) is 77.6 Å². The largest absolute Gasteiger partial charge is 0.475 e. The predicted molar refractivity (Wildman–Crippen MR) is 128 cm³/mol. The van der Waals surface area contributed by atoms with Gasteiger partial charge in [-0.05, 0) is 60.9 Å². The molecule has 33 heavy (non-hydrogen) atoms. The van der Waals surface area contributed by atoms with E-state index >= 15 is 0 Å². The van der Waals surface area contributed by atoms with Crippen LogP contribution in [0.25, 0.3) is 0 Å². The van der Waals surface area contributed by atoms with Gasteiger partial charge in [-0.25, -0.2) is 4.79 Å². The third-order valence-corrected chi connectivity index (χ3v) is 6.14. The number of carboxylic acid groups (broad SMARTS) is 1. The summed E-state index contributed by atoms with van der Waals surface area (Å²) in [5.74, 6) is -2.23. The molecule has 0 aromatic heterocycles. The SMILES string of the molecule is O=C(O)C(=O)c1cccc2c1CCCC2CCC(=O)N(C1=CN=CCC=C1)c1ccccc1. The van der Waals surface area contributed by atoms with Crippen molar-refractivity contribution in [1.82, 2.24) is 0 Å². The van der Waals surface area contributed by atoms with Crippen LogP contribution in [0.1, 0.15) is 59.5 Å². The number of Topliss-reactive ketones (excluding diaryl/α,β-unsaturated/α-hetero) is 1. The fourth-order valence-corrected chi connectivity index (χ4v) is 4.61. The molecule has 1 aliphatic heterocycles. The van der Waals surface area contributed by atoms with Crippen molar-refractivity contribution in [2.75, 3.05) is 4.90 Å². The molecule has 0 saturated carbocycles. The van der Waals surface area contributed by atoms with Crippen LogP contribution in [-0.4, -0.2) is 29.0 Å². The fourth-order valence-electron chi connectivity index (χ4n) is 4.61. The van der Waals surface area contributed by atoms with E-state index in [0.717, 1.165) is 35.4 Å². The maximum absolute atomic E-state index is 13.4. The van der Waals surface area contributed by atoms with Gasteiger partial charge in [0.15, 0.2) is 0 Å². The maximum atomic E-state index is 13.4. The van der Waals surface area contributed by atoms with Gasteiger partial charge in [0, 0.05) is 30.3 Å². The number of hydrogen-bond donors (Lipinski definition) is 1. The van der Waals surface area contributed by atoms with Crippen molar-refractivity contribution in [2.24, 2.45) is 4.99 Å². The van der Waals surface area contributed by atoms with Crippen LogP contribution >= 0.6 is 0 Å². The first-order valence-corrected chi connectivity index (χ1v) is 11.2. The second kappa shape index (κ2) is 10.2. The lowest BCUT2D eigenvalue weighted by molar-refractivity contribution is -0.131. The lowest BCUT2D eigenvalue weighted by Crippen LogP contribution is -2.30. The lowest BCUT2D eigenvalue weighted by Gasteiger charge is -2.28. The number of carbonyl (C=O) groups excluding carboxylic acids is 2. The number of para-hydroxylation sites is 1. The third-order valence-electron chi connectivity index (χ3n) is 6.14. The molecule has 1 unspecified atom stereocenters. The molecule has 0 radical (unpaired) electrons. The molecule has 0 fully saturated rings. The van der Waals surface area contributed by atoms with E-state index in [4.69, 9.17) is 0 Å². The van der Waals surface area contributed by atoms with E-state index in [9.17, 15) is 19.5 Å². The Hall–Kier alpha value is -3.80. The van der Waals surface area contributed by atoms with Crippen LogP contribution in [0.2, 0.25) is 0 Å². The van der Waals surface area contributed by atoms with Crippen LogP contribution in [0.3, 0.4) is 0 Å². The third kappa shape index (κ3) is 5.00. The number of rotatable bonds is 7. The monoisotopic (exact) mass is 442 g/mol. The van der Waals surface area contributed by atoms with Gasteiger partial charge in [-0.2, -0.15) is 0 Å². The highest BCUT2D eigenvalue weighted by atomic mass is 16.4. The van der Waals surface area contributed by atoms with Gasteiger partial charge in [0.25, 0.3) is 5.78 Å². The van der Waals surface area contributed by atoms with Crippen molar-refractivity contribution in [3.8, 4) is 0 Å². The Kier molecular flexibility index (Phi) is 6.93. The van der Waals surface area contributed by atoms with Gasteiger partial charge < -0.3 is 5.11 Å². The number of amides is 1. The second-order valence-electron chi connectivity index (χ2n) is 8.22. The van der Waals surface area contributed by atoms with Crippen molar-refractivity contribution in [3.05, 3.63) is 89.3 Å². The summed E-state index contributed by atoms with van der Waals surface area (Å²) in [7, 11) is 0. The Morgan fingerprint density at radius 2 is 1.88 bits per heavy atom. The Labute approximate surface area is 193 Å². The summed E-state index contributed by atoms with van der Waals surface area (Å²) in [6.45, 7) is 0. The van der Waals surface area contributed by atoms with E-state index in [-0.39, 0.29) is 17.4 Å². The molecule has 6 heteroatoms. The molecule has 2 aliphatic rings. The minimum Gasteiger partial charge on any atom is -0.475 e. The Morgan fingerprint density at radius 3 is 2.67 bits per heavy atom. The van der Waals surface area contributed by atoms with Crippen molar-refractivity contribution < 1.29 is 19.5 Å². The minimum atomic E-state index is -1.44. The quantitative estimate of drug-likeness (QED) is 0.480. The average Bonchev–Trinajstić information content (AvgIpc) is 3.12. The van der Waals surface area contributed by atoms with E-state index in [1.165, 1.54) is 0 Å². The molecule has 6 nitrogen and oxygen atoms in total. The molecule has 168 valence electrons. The summed E-state index contributed by atoms with van der Waals surface area (Å²) >= 11 is 0. The lowest BCUT2D eigenvalue weighted by atomic mass is 9.78. The number of anilines is 1. The van der Waals surface area contributed by atoms with Crippen molar-refractivity contribution in [2.45, 2.75) is 44.4 Å². The molecule has 0 saturated heterocycles. The smallest absolute Gasteiger partial charge is 0.377 e. The normalized spacial score (nSPS) is 17.0. The number of benzene rings is 2. The summed E-state index contributed by atoms with van der Waals surface area (Å²) in [4.78, 5) is 42.8. The van der Waals surface area contributed by atoms with Gasteiger partial charge in [-0.3, -0.25) is 19.5 Å². The molecule has 1 atom stereocenters. The van der Waals surface area contributed by atoms with Crippen molar-refractivity contribution in [3.63, 3.8) is 0 Å². The number of hydrogen-bond acceptors (Lipinski definition) is 4. The van der Waals surface area contributed by atoms with Crippen LogP contribution in [0.4, 0.5) is 5.69 Å². The van der Waals surface area contributed by atoms with E-state index < -0.39 is 11.8 Å². The van der Waals surface area contributed by atoms with Crippen LogP contribution < -0.4 is 4.90 Å². The van der Waals surface area contributed by atoms with Crippen molar-refractivity contribution in [1.29, 1.82) is 0 Å². The van der Waals surface area contributed by atoms with Crippen molar-refractivity contribution >= 4 is 29.6 Å². The van der Waals surface area contributed by atoms with Gasteiger partial charge in [0.2, 0.25) is 5.91 Å². The summed E-state index contributed by atoms with van der Waals surface area (Å²) in [6.07, 6.45) is 11.5. The molecule has 2 aromatic carbocycles. The van der Waals surface area contributed by atoms with Gasteiger partial charge in [-0.15, -0.1) is 0 Å². The molecule has 0 spiro atoms. The summed E-state index contributed by atoms with van der Waals surface area (Å²) in [6, 6.07) is 14.8.